The molecule has 1 aliphatic rings. The summed E-state index contributed by atoms with van der Waals surface area (Å²) in [5.74, 6) is 0.166. The van der Waals surface area contributed by atoms with Crippen LogP contribution in [0.2, 0.25) is 0 Å². The van der Waals surface area contributed by atoms with Crippen LogP contribution in [0.3, 0.4) is 0 Å². The molecule has 0 saturated carbocycles. The van der Waals surface area contributed by atoms with Gasteiger partial charge in [0.1, 0.15) is 0 Å². The van der Waals surface area contributed by atoms with E-state index >= 15 is 0 Å². The van der Waals surface area contributed by atoms with E-state index in [9.17, 15) is 4.79 Å². The molecule has 0 radical (unpaired) electrons. The molecule has 1 aliphatic heterocycles. The first-order valence-corrected chi connectivity index (χ1v) is 5.78. The van der Waals surface area contributed by atoms with Crippen molar-refractivity contribution < 1.29 is 9.63 Å². The lowest BCUT2D eigenvalue weighted by Gasteiger charge is -2.13. The Morgan fingerprint density at radius 2 is 2.07 bits per heavy atom. The summed E-state index contributed by atoms with van der Waals surface area (Å²) in [7, 11) is 0. The van der Waals surface area contributed by atoms with Crippen molar-refractivity contribution in [3.05, 3.63) is 0 Å². The van der Waals surface area contributed by atoms with Crippen molar-refractivity contribution in [3.63, 3.8) is 0 Å². The molecule has 3 nitrogen and oxygen atoms in total. The Morgan fingerprint density at radius 1 is 1.29 bits per heavy atom. The molecule has 0 aromatic rings. The number of carbonyl (C=O) groups is 1. The van der Waals surface area contributed by atoms with Crippen LogP contribution in [-0.2, 0) is 9.63 Å². The average Bonchev–Trinajstić information content (AvgIpc) is 2.70. The first kappa shape index (κ1) is 11.5. The maximum absolute atomic E-state index is 11.5. The molecule has 1 rings (SSSR count). The fraction of sp³-hybridized carbons (Fsp3) is 0.909. The third-order valence-corrected chi connectivity index (χ3v) is 2.53. The van der Waals surface area contributed by atoms with Crippen molar-refractivity contribution in [1.82, 2.24) is 5.06 Å². The van der Waals surface area contributed by atoms with Gasteiger partial charge in [-0.25, -0.2) is 5.06 Å². The third kappa shape index (κ3) is 4.09. The van der Waals surface area contributed by atoms with Crippen LogP contribution >= 0.6 is 0 Å². The summed E-state index contributed by atoms with van der Waals surface area (Å²) in [6.07, 6.45) is 7.62. The third-order valence-electron chi connectivity index (χ3n) is 2.53. The molecule has 0 N–H and O–H groups in total. The molecule has 1 heterocycles. The van der Waals surface area contributed by atoms with Gasteiger partial charge in [-0.15, -0.1) is 0 Å². The summed E-state index contributed by atoms with van der Waals surface area (Å²) in [6, 6.07) is 0. The zero-order chi connectivity index (χ0) is 10.2. The van der Waals surface area contributed by atoms with Crippen molar-refractivity contribution >= 4 is 5.91 Å². The minimum Gasteiger partial charge on any atom is -0.273 e. The van der Waals surface area contributed by atoms with Crippen LogP contribution < -0.4 is 0 Å². The van der Waals surface area contributed by atoms with Gasteiger partial charge in [0.15, 0.2) is 0 Å². The summed E-state index contributed by atoms with van der Waals surface area (Å²) in [4.78, 5) is 16.7. The Labute approximate surface area is 86.4 Å². The number of hydrogen-bond donors (Lipinski definition) is 0. The highest BCUT2D eigenvalue weighted by Crippen LogP contribution is 2.10. The molecule has 14 heavy (non-hydrogen) atoms. The number of carbonyl (C=O) groups excluding carboxylic acids is 1. The highest BCUT2D eigenvalue weighted by molar-refractivity contribution is 5.75. The predicted octanol–water partition coefficient (Wildman–Crippen LogP) is 2.51. The zero-order valence-corrected chi connectivity index (χ0v) is 9.13. The Kier molecular flexibility index (Phi) is 5.60. The first-order valence-electron chi connectivity index (χ1n) is 5.78. The van der Waals surface area contributed by atoms with Gasteiger partial charge in [0, 0.05) is 6.42 Å². The molecule has 1 amide bonds. The zero-order valence-electron chi connectivity index (χ0n) is 9.13. The fourth-order valence-electron chi connectivity index (χ4n) is 1.65. The molecule has 0 spiro atoms. The van der Waals surface area contributed by atoms with Crippen LogP contribution in [-0.4, -0.2) is 24.1 Å². The van der Waals surface area contributed by atoms with E-state index in [1.165, 1.54) is 30.7 Å². The summed E-state index contributed by atoms with van der Waals surface area (Å²) < 4.78 is 0. The Balaban J connectivity index is 1.97. The molecular formula is C11H21NO2. The second-order valence-corrected chi connectivity index (χ2v) is 3.85. The van der Waals surface area contributed by atoms with Crippen molar-refractivity contribution in [3.8, 4) is 0 Å². The number of rotatable bonds is 6. The first-order chi connectivity index (χ1) is 6.84. The second kappa shape index (κ2) is 6.82. The monoisotopic (exact) mass is 199 g/mol. The lowest BCUT2D eigenvalue weighted by molar-refractivity contribution is -0.168. The second-order valence-electron chi connectivity index (χ2n) is 3.85. The predicted molar refractivity (Wildman–Crippen MR) is 55.7 cm³/mol. The van der Waals surface area contributed by atoms with Crippen LogP contribution in [0.25, 0.3) is 0 Å². The Bertz CT molecular complexity index is 165. The number of unbranched alkanes of at least 4 members (excludes halogenated alkanes) is 4. The molecular weight excluding hydrogens is 178 g/mol. The number of amides is 1. The van der Waals surface area contributed by atoms with E-state index in [1.54, 1.807) is 0 Å². The molecule has 0 bridgehead atoms. The van der Waals surface area contributed by atoms with Gasteiger partial charge < -0.3 is 0 Å². The van der Waals surface area contributed by atoms with Crippen molar-refractivity contribution in [2.24, 2.45) is 0 Å². The normalized spacial score (nSPS) is 16.2. The smallest absolute Gasteiger partial charge is 0.246 e. The molecule has 0 atom stereocenters. The van der Waals surface area contributed by atoms with Crippen LogP contribution in [0.15, 0.2) is 0 Å². The van der Waals surface area contributed by atoms with Crippen LogP contribution in [0.5, 0.6) is 0 Å². The van der Waals surface area contributed by atoms with Crippen molar-refractivity contribution in [1.29, 1.82) is 0 Å². The van der Waals surface area contributed by atoms with Crippen LogP contribution in [0.4, 0.5) is 0 Å². The molecule has 0 unspecified atom stereocenters. The fourth-order valence-corrected chi connectivity index (χ4v) is 1.65. The van der Waals surface area contributed by atoms with Gasteiger partial charge >= 0.3 is 0 Å². The Hall–Kier alpha value is -0.570. The standard InChI is InChI=1S/C11H21NO2/c1-2-3-4-5-6-8-11(13)12-9-7-10-14-12/h2-10H2,1H3. The van der Waals surface area contributed by atoms with Gasteiger partial charge in [0.2, 0.25) is 5.91 Å². The number of hydroxylamine groups is 2. The summed E-state index contributed by atoms with van der Waals surface area (Å²) >= 11 is 0. The summed E-state index contributed by atoms with van der Waals surface area (Å²) in [5.41, 5.74) is 0. The SMILES string of the molecule is CCCCCCCC(=O)N1CCCO1. The minimum absolute atomic E-state index is 0.166. The summed E-state index contributed by atoms with van der Waals surface area (Å²) in [6.45, 7) is 3.69. The quantitative estimate of drug-likeness (QED) is 0.615. The van der Waals surface area contributed by atoms with Gasteiger partial charge in [-0.05, 0) is 12.8 Å². The van der Waals surface area contributed by atoms with Crippen LogP contribution in [0.1, 0.15) is 51.9 Å². The molecule has 1 saturated heterocycles. The van der Waals surface area contributed by atoms with Gasteiger partial charge in [0.25, 0.3) is 0 Å². The minimum atomic E-state index is 0.166. The molecule has 0 aromatic carbocycles. The van der Waals surface area contributed by atoms with Gasteiger partial charge in [-0.1, -0.05) is 32.6 Å². The molecule has 1 fully saturated rings. The van der Waals surface area contributed by atoms with Gasteiger partial charge in [-0.2, -0.15) is 0 Å². The van der Waals surface area contributed by atoms with E-state index in [0.717, 1.165) is 19.4 Å². The topological polar surface area (TPSA) is 29.5 Å². The van der Waals surface area contributed by atoms with E-state index in [2.05, 4.69) is 6.92 Å². The molecule has 0 aliphatic carbocycles. The van der Waals surface area contributed by atoms with E-state index < -0.39 is 0 Å². The van der Waals surface area contributed by atoms with Crippen molar-refractivity contribution in [2.45, 2.75) is 51.9 Å². The van der Waals surface area contributed by atoms with Crippen LogP contribution in [0, 0.1) is 0 Å². The van der Waals surface area contributed by atoms with Crippen molar-refractivity contribution in [2.75, 3.05) is 13.2 Å². The summed E-state index contributed by atoms with van der Waals surface area (Å²) in [5, 5.41) is 1.53. The molecule has 82 valence electrons. The Morgan fingerprint density at radius 3 is 2.71 bits per heavy atom. The number of hydrogen-bond acceptors (Lipinski definition) is 2. The van der Waals surface area contributed by atoms with E-state index in [-0.39, 0.29) is 5.91 Å². The van der Waals surface area contributed by atoms with E-state index in [4.69, 9.17) is 4.84 Å². The lowest BCUT2D eigenvalue weighted by atomic mass is 10.1. The van der Waals surface area contributed by atoms with E-state index in [0.29, 0.717) is 13.0 Å². The average molecular weight is 199 g/mol. The highest BCUT2D eigenvalue weighted by Gasteiger charge is 2.18. The molecule has 0 aromatic heterocycles. The maximum Gasteiger partial charge on any atom is 0.246 e. The highest BCUT2D eigenvalue weighted by atomic mass is 16.7. The van der Waals surface area contributed by atoms with Gasteiger partial charge in [0.05, 0.1) is 13.2 Å². The number of nitrogens with zero attached hydrogens (tertiary/aromatic N) is 1. The maximum atomic E-state index is 11.5. The lowest BCUT2D eigenvalue weighted by Crippen LogP contribution is -2.26. The largest absolute Gasteiger partial charge is 0.273 e. The molecule has 3 heteroatoms. The van der Waals surface area contributed by atoms with E-state index in [1.807, 2.05) is 0 Å². The van der Waals surface area contributed by atoms with Gasteiger partial charge in [-0.3, -0.25) is 9.63 Å².